The van der Waals surface area contributed by atoms with Gasteiger partial charge in [0.25, 0.3) is 0 Å². The minimum absolute atomic E-state index is 0.0958. The summed E-state index contributed by atoms with van der Waals surface area (Å²) in [7, 11) is 0. The van der Waals surface area contributed by atoms with E-state index < -0.39 is 0 Å². The highest BCUT2D eigenvalue weighted by Crippen LogP contribution is 2.27. The van der Waals surface area contributed by atoms with E-state index in [0.29, 0.717) is 21.9 Å². The van der Waals surface area contributed by atoms with Crippen LogP contribution in [-0.4, -0.2) is 26.2 Å². The average Bonchev–Trinajstić information content (AvgIpc) is 3.28. The van der Waals surface area contributed by atoms with Crippen molar-refractivity contribution in [1.82, 2.24) is 14.9 Å². The van der Waals surface area contributed by atoms with Gasteiger partial charge in [0.2, 0.25) is 4.77 Å². The Kier molecular flexibility index (Phi) is 4.74. The molecule has 8 heteroatoms. The Bertz CT molecular complexity index is 1170. The summed E-state index contributed by atoms with van der Waals surface area (Å²) < 4.78 is 8.58. The largest absolute Gasteiger partial charge is 0.507 e. The highest BCUT2D eigenvalue weighted by atomic mass is 79.9. The van der Waals surface area contributed by atoms with E-state index in [-0.39, 0.29) is 5.75 Å². The van der Waals surface area contributed by atoms with Gasteiger partial charge in [-0.25, -0.2) is 5.10 Å². The van der Waals surface area contributed by atoms with E-state index in [1.54, 1.807) is 30.5 Å². The first-order valence-electron chi connectivity index (χ1n) is 7.98. The van der Waals surface area contributed by atoms with Crippen LogP contribution in [-0.2, 0) is 0 Å². The first-order valence-corrected chi connectivity index (χ1v) is 9.18. The van der Waals surface area contributed by atoms with Crippen LogP contribution >= 0.6 is 28.1 Å². The highest BCUT2D eigenvalue weighted by molar-refractivity contribution is 9.10. The number of phenols is 1. The third-order valence-electron chi connectivity index (χ3n) is 3.85. The van der Waals surface area contributed by atoms with Crippen LogP contribution in [0.15, 0.2) is 74.7 Å². The third kappa shape index (κ3) is 3.62. The van der Waals surface area contributed by atoms with Gasteiger partial charge in [-0.2, -0.15) is 14.9 Å². The molecule has 4 aromatic rings. The zero-order valence-electron chi connectivity index (χ0n) is 13.8. The van der Waals surface area contributed by atoms with Gasteiger partial charge in [0.05, 0.1) is 11.8 Å². The number of nitrogens with zero attached hydrogens (tertiary/aromatic N) is 3. The monoisotopic (exact) mass is 440 g/mol. The molecule has 4 rings (SSSR count). The topological polar surface area (TPSA) is 79.3 Å². The molecule has 0 aliphatic carbocycles. The zero-order chi connectivity index (χ0) is 18.8. The number of aromatic amines is 1. The predicted octanol–water partition coefficient (Wildman–Crippen LogP) is 5.22. The minimum Gasteiger partial charge on any atom is -0.507 e. The number of para-hydroxylation sites is 1. The Balaban J connectivity index is 1.65. The van der Waals surface area contributed by atoms with Crippen molar-refractivity contribution in [1.29, 1.82) is 0 Å². The molecule has 2 heterocycles. The lowest BCUT2D eigenvalue weighted by Gasteiger charge is -2.02. The molecule has 0 aliphatic heterocycles. The number of halogens is 1. The van der Waals surface area contributed by atoms with Crippen molar-refractivity contribution in [3.05, 3.63) is 75.7 Å². The number of rotatable bonds is 4. The molecule has 0 fully saturated rings. The summed E-state index contributed by atoms with van der Waals surface area (Å²) in [5.74, 6) is 1.81. The Labute approximate surface area is 167 Å². The van der Waals surface area contributed by atoms with E-state index in [1.807, 2.05) is 36.4 Å². The molecular formula is C19H13BrN4O2S. The molecule has 0 radical (unpaired) electrons. The molecule has 0 bridgehead atoms. The number of H-pyrrole nitrogens is 1. The molecule has 0 spiro atoms. The Morgan fingerprint density at radius 1 is 1.11 bits per heavy atom. The standard InChI is InChI=1S/C19H13BrN4O2S/c20-13-7-5-12(6-8-13)17-10-9-14(26-17)11-21-24-18(22-23-19(24)27)15-3-1-2-4-16(15)25/h1-11,25H,(H,23,27)/b21-11+. The summed E-state index contributed by atoms with van der Waals surface area (Å²) in [4.78, 5) is 0. The van der Waals surface area contributed by atoms with Crippen LogP contribution in [0, 0.1) is 4.77 Å². The number of furan rings is 1. The van der Waals surface area contributed by atoms with Crippen LogP contribution in [0.5, 0.6) is 5.75 Å². The van der Waals surface area contributed by atoms with Gasteiger partial charge in [-0.1, -0.05) is 40.2 Å². The average molecular weight is 441 g/mol. The van der Waals surface area contributed by atoms with Gasteiger partial charge in [0, 0.05) is 10.0 Å². The molecule has 0 atom stereocenters. The molecule has 0 amide bonds. The summed E-state index contributed by atoms with van der Waals surface area (Å²) in [5.41, 5.74) is 1.49. The second kappa shape index (κ2) is 7.34. The van der Waals surface area contributed by atoms with Crippen LogP contribution in [0.4, 0.5) is 0 Å². The van der Waals surface area contributed by atoms with Crippen molar-refractivity contribution in [3.8, 4) is 28.5 Å². The van der Waals surface area contributed by atoms with Crippen molar-refractivity contribution in [2.45, 2.75) is 0 Å². The molecule has 134 valence electrons. The number of aromatic nitrogens is 3. The minimum atomic E-state index is 0.0958. The van der Waals surface area contributed by atoms with Crippen molar-refractivity contribution in [2.75, 3.05) is 0 Å². The van der Waals surface area contributed by atoms with Crippen LogP contribution < -0.4 is 0 Å². The smallest absolute Gasteiger partial charge is 0.216 e. The molecular weight excluding hydrogens is 428 g/mol. The third-order valence-corrected chi connectivity index (χ3v) is 4.64. The molecule has 2 aromatic heterocycles. The van der Waals surface area contributed by atoms with Crippen molar-refractivity contribution >= 4 is 34.4 Å². The van der Waals surface area contributed by atoms with Crippen molar-refractivity contribution in [3.63, 3.8) is 0 Å². The van der Waals surface area contributed by atoms with Gasteiger partial charge in [0.1, 0.15) is 17.3 Å². The van der Waals surface area contributed by atoms with Crippen LogP contribution in [0.1, 0.15) is 5.76 Å². The van der Waals surface area contributed by atoms with Gasteiger partial charge < -0.3 is 9.52 Å². The number of nitrogens with one attached hydrogen (secondary N) is 1. The Morgan fingerprint density at radius 2 is 1.89 bits per heavy atom. The van der Waals surface area contributed by atoms with E-state index in [4.69, 9.17) is 16.6 Å². The lowest BCUT2D eigenvalue weighted by molar-refractivity contribution is 0.476. The fourth-order valence-electron chi connectivity index (χ4n) is 2.54. The van der Waals surface area contributed by atoms with Gasteiger partial charge >= 0.3 is 0 Å². The lowest BCUT2D eigenvalue weighted by atomic mass is 10.2. The van der Waals surface area contributed by atoms with E-state index >= 15 is 0 Å². The maximum absolute atomic E-state index is 10.1. The molecule has 27 heavy (non-hydrogen) atoms. The fraction of sp³-hybridized carbons (Fsp3) is 0. The van der Waals surface area contributed by atoms with Gasteiger partial charge in [0.15, 0.2) is 5.82 Å². The molecule has 0 saturated carbocycles. The van der Waals surface area contributed by atoms with E-state index in [0.717, 1.165) is 15.8 Å². The Hall–Kier alpha value is -2.97. The van der Waals surface area contributed by atoms with E-state index in [2.05, 4.69) is 31.2 Å². The van der Waals surface area contributed by atoms with Gasteiger partial charge in [-0.05, 0) is 48.6 Å². The van der Waals surface area contributed by atoms with Crippen LogP contribution in [0.25, 0.3) is 22.7 Å². The molecule has 6 nitrogen and oxygen atoms in total. The number of hydrogen-bond donors (Lipinski definition) is 2. The number of benzene rings is 2. The maximum atomic E-state index is 10.1. The van der Waals surface area contributed by atoms with Gasteiger partial charge in [-0.3, -0.25) is 0 Å². The lowest BCUT2D eigenvalue weighted by Crippen LogP contribution is -1.94. The summed E-state index contributed by atoms with van der Waals surface area (Å²) in [5, 5.41) is 21.3. The normalized spacial score (nSPS) is 11.3. The first-order chi connectivity index (χ1) is 13.1. The first kappa shape index (κ1) is 17.4. The second-order valence-corrected chi connectivity index (χ2v) is 6.94. The van der Waals surface area contributed by atoms with Crippen molar-refractivity contribution < 1.29 is 9.52 Å². The molecule has 0 saturated heterocycles. The summed E-state index contributed by atoms with van der Waals surface area (Å²) in [6.07, 6.45) is 1.55. The molecule has 2 N–H and O–H groups in total. The van der Waals surface area contributed by atoms with Crippen LogP contribution in [0.3, 0.4) is 0 Å². The van der Waals surface area contributed by atoms with E-state index in [1.165, 1.54) is 4.68 Å². The summed E-state index contributed by atoms with van der Waals surface area (Å²) in [6, 6.07) is 18.4. The fourth-order valence-corrected chi connectivity index (χ4v) is 2.99. The second-order valence-electron chi connectivity index (χ2n) is 5.63. The SMILES string of the molecule is Oc1ccccc1-c1n[nH]c(=S)n1/N=C/c1ccc(-c2ccc(Br)cc2)o1. The van der Waals surface area contributed by atoms with Crippen molar-refractivity contribution in [2.24, 2.45) is 5.10 Å². The number of hydrogen-bond acceptors (Lipinski definition) is 5. The van der Waals surface area contributed by atoms with E-state index in [9.17, 15) is 5.11 Å². The molecule has 0 unspecified atom stereocenters. The maximum Gasteiger partial charge on any atom is 0.216 e. The Morgan fingerprint density at radius 3 is 2.67 bits per heavy atom. The highest BCUT2D eigenvalue weighted by Gasteiger charge is 2.12. The van der Waals surface area contributed by atoms with Gasteiger partial charge in [-0.15, -0.1) is 0 Å². The quantitative estimate of drug-likeness (QED) is 0.336. The molecule has 0 aliphatic rings. The summed E-state index contributed by atoms with van der Waals surface area (Å²) in [6.45, 7) is 0. The summed E-state index contributed by atoms with van der Waals surface area (Å²) >= 11 is 8.66. The molecule has 2 aromatic carbocycles. The number of phenolic OH excluding ortho intramolecular Hbond substituents is 1. The predicted molar refractivity (Wildman–Crippen MR) is 109 cm³/mol. The number of aromatic hydroxyl groups is 1. The zero-order valence-corrected chi connectivity index (χ0v) is 16.2. The van der Waals surface area contributed by atoms with Crippen LogP contribution in [0.2, 0.25) is 0 Å².